The highest BCUT2D eigenvalue weighted by atomic mass is 14.7. The molecule has 0 atom stereocenters. The van der Waals surface area contributed by atoms with Crippen molar-refractivity contribution in [2.24, 2.45) is 4.99 Å². The lowest BCUT2D eigenvalue weighted by Crippen LogP contribution is -2.15. The van der Waals surface area contributed by atoms with E-state index in [0.29, 0.717) is 5.71 Å². The summed E-state index contributed by atoms with van der Waals surface area (Å²) in [4.78, 5) is 5.20. The Balaban J connectivity index is 1.06. The van der Waals surface area contributed by atoms with E-state index in [1.54, 1.807) is 0 Å². The first-order valence-electron chi connectivity index (χ1n) is 20.3. The summed E-state index contributed by atoms with van der Waals surface area (Å²) < 4.78 is 0. The lowest BCUT2D eigenvalue weighted by molar-refractivity contribution is 0.666. The smallest absolute Gasteiger partial charge is 0.0729 e. The minimum atomic E-state index is -0.118. The molecule has 2 nitrogen and oxygen atoms in total. The first-order chi connectivity index (χ1) is 29.0. The summed E-state index contributed by atoms with van der Waals surface area (Å²) in [6.45, 7) is 4.74. The van der Waals surface area contributed by atoms with Gasteiger partial charge in [0.2, 0.25) is 0 Å². The van der Waals surface area contributed by atoms with E-state index >= 15 is 0 Å². The van der Waals surface area contributed by atoms with Gasteiger partial charge in [0, 0.05) is 22.8 Å². The topological polar surface area (TPSA) is 36.2 Å². The van der Waals surface area contributed by atoms with Crippen LogP contribution in [0.3, 0.4) is 0 Å². The predicted octanol–water partition coefficient (Wildman–Crippen LogP) is 14.8. The molecule has 59 heavy (non-hydrogen) atoms. The largest absolute Gasteiger partial charge is 0.300 e. The molecule has 0 aromatic heterocycles. The Bertz CT molecular complexity index is 3130. The molecule has 2 heteroatoms. The molecule has 280 valence electrons. The molecule has 0 bridgehead atoms. The van der Waals surface area contributed by atoms with Crippen LogP contribution in [0.2, 0.25) is 0 Å². The zero-order valence-corrected chi connectivity index (χ0v) is 33.2. The molecule has 0 aliphatic heterocycles. The number of aliphatic imine (C=N–C) groups is 1. The second-order valence-corrected chi connectivity index (χ2v) is 15.9. The van der Waals surface area contributed by atoms with Gasteiger partial charge in [-0.15, -0.1) is 0 Å². The highest BCUT2D eigenvalue weighted by Gasteiger charge is 2.38. The fraction of sp³-hybridized carbons (Fsp3) is 0.0526. The number of hydrogen-bond acceptors (Lipinski definition) is 2. The van der Waals surface area contributed by atoms with Crippen LogP contribution in [-0.4, -0.2) is 11.9 Å². The van der Waals surface area contributed by atoms with E-state index in [0.717, 1.165) is 44.3 Å². The molecule has 9 aromatic carbocycles. The summed E-state index contributed by atoms with van der Waals surface area (Å²) in [5.74, 6) is 0. The molecule has 1 aliphatic carbocycles. The lowest BCUT2D eigenvalue weighted by atomic mass is 9.80. The van der Waals surface area contributed by atoms with Crippen molar-refractivity contribution in [3.05, 3.63) is 234 Å². The van der Waals surface area contributed by atoms with Gasteiger partial charge < -0.3 is 5.41 Å². The number of nitrogens with one attached hydrogen (secondary N) is 1. The van der Waals surface area contributed by atoms with Crippen LogP contribution in [0.15, 0.2) is 211 Å². The number of benzene rings is 9. The van der Waals surface area contributed by atoms with E-state index in [9.17, 15) is 0 Å². The Hall–Kier alpha value is -7.42. The Morgan fingerprint density at radius 3 is 1.92 bits per heavy atom. The molecule has 0 heterocycles. The quantitative estimate of drug-likeness (QED) is 0.150. The Morgan fingerprint density at radius 1 is 0.492 bits per heavy atom. The predicted molar refractivity (Wildman–Crippen MR) is 251 cm³/mol. The first kappa shape index (κ1) is 36.0. The summed E-state index contributed by atoms with van der Waals surface area (Å²) in [5.41, 5.74) is 16.3. The molecule has 0 spiro atoms. The highest BCUT2D eigenvalue weighted by Crippen LogP contribution is 2.54. The third-order valence-corrected chi connectivity index (χ3v) is 12.0. The van der Waals surface area contributed by atoms with Gasteiger partial charge in [-0.2, -0.15) is 0 Å². The maximum Gasteiger partial charge on any atom is 0.0729 e. The van der Waals surface area contributed by atoms with Gasteiger partial charge in [-0.1, -0.05) is 208 Å². The number of fused-ring (bicyclic) bond motifs is 6. The van der Waals surface area contributed by atoms with Crippen molar-refractivity contribution in [2.75, 3.05) is 0 Å². The molecular weight excluding hydrogens is 713 g/mol. The summed E-state index contributed by atoms with van der Waals surface area (Å²) in [6, 6.07) is 70.8. The summed E-state index contributed by atoms with van der Waals surface area (Å²) in [7, 11) is 0. The van der Waals surface area contributed by atoms with E-state index in [1.807, 2.05) is 54.8 Å². The van der Waals surface area contributed by atoms with Crippen LogP contribution in [0.25, 0.3) is 71.7 Å². The van der Waals surface area contributed by atoms with Crippen LogP contribution < -0.4 is 0 Å². The Kier molecular flexibility index (Phi) is 9.03. The molecule has 0 fully saturated rings. The molecule has 0 amide bonds. The van der Waals surface area contributed by atoms with Crippen molar-refractivity contribution >= 4 is 39.2 Å². The maximum absolute atomic E-state index is 9.08. The molecule has 1 N–H and O–H groups in total. The summed E-state index contributed by atoms with van der Waals surface area (Å²) >= 11 is 0. The monoisotopic (exact) mass is 754 g/mol. The maximum atomic E-state index is 9.08. The zero-order chi connectivity index (χ0) is 39.9. The summed E-state index contributed by atoms with van der Waals surface area (Å²) in [5, 5.41) is 14.0. The van der Waals surface area contributed by atoms with Crippen molar-refractivity contribution in [3.8, 4) is 44.5 Å². The van der Waals surface area contributed by atoms with Gasteiger partial charge in [0.15, 0.2) is 0 Å². The normalized spacial score (nSPS) is 13.2. The second kappa shape index (κ2) is 14.8. The minimum absolute atomic E-state index is 0.118. The fourth-order valence-electron chi connectivity index (χ4n) is 9.17. The van der Waals surface area contributed by atoms with E-state index < -0.39 is 0 Å². The first-order valence-corrected chi connectivity index (χ1v) is 20.3. The Morgan fingerprint density at radius 2 is 1.10 bits per heavy atom. The van der Waals surface area contributed by atoms with Crippen LogP contribution in [0.4, 0.5) is 0 Å². The number of rotatable bonds is 8. The van der Waals surface area contributed by atoms with Crippen LogP contribution in [-0.2, 0) is 5.41 Å². The van der Waals surface area contributed by atoms with E-state index in [4.69, 9.17) is 10.4 Å². The second-order valence-electron chi connectivity index (χ2n) is 15.9. The van der Waals surface area contributed by atoms with Crippen LogP contribution in [0.1, 0.15) is 41.7 Å². The molecule has 9 aromatic rings. The van der Waals surface area contributed by atoms with Crippen molar-refractivity contribution < 1.29 is 0 Å². The fourth-order valence-corrected chi connectivity index (χ4v) is 9.17. The van der Waals surface area contributed by atoms with Gasteiger partial charge in [0.1, 0.15) is 0 Å². The van der Waals surface area contributed by atoms with E-state index in [2.05, 4.69) is 172 Å². The van der Waals surface area contributed by atoms with Crippen LogP contribution >= 0.6 is 0 Å². The number of hydrogen-bond donors (Lipinski definition) is 1. The molecule has 10 rings (SSSR count). The van der Waals surface area contributed by atoms with Crippen molar-refractivity contribution in [3.63, 3.8) is 0 Å². The van der Waals surface area contributed by atoms with Crippen LogP contribution in [0.5, 0.6) is 0 Å². The number of allylic oxidation sites excluding steroid dienone is 1. The molecular formula is C57H42N2. The van der Waals surface area contributed by atoms with Crippen LogP contribution in [0, 0.1) is 5.41 Å². The van der Waals surface area contributed by atoms with Crippen molar-refractivity contribution in [1.29, 1.82) is 5.41 Å². The van der Waals surface area contributed by atoms with Gasteiger partial charge in [0.05, 0.1) is 11.4 Å². The van der Waals surface area contributed by atoms with E-state index in [-0.39, 0.29) is 5.41 Å². The van der Waals surface area contributed by atoms with E-state index in [1.165, 1.54) is 55.3 Å². The SMILES string of the molecule is CC1(C)c2cccc(-c3cccc(-c4ccc(C=N/C(=C\C(=N)c5ccccc5)c5ccccc5-c5ccccc5)c5ccccc45)c3)c2-c2ccc3ccccc3c21. The average molecular weight is 755 g/mol. The molecule has 0 saturated carbocycles. The standard InChI is InChI=1S/C57H42N2/c1-57(2)52-30-16-29-47(55(52)51-34-31-39-19-9-10-26-48(39)56(51)57)42-23-15-22-41(35-42)46-33-32-43(45-25-11-13-27-49(45)46)37-59-54(36-53(58)40-20-7-4-8-21-40)50-28-14-12-24-44(50)38-17-5-3-6-18-38/h3-37,58H,1-2H3/b54-36-,58-53?,59-37?. The Labute approximate surface area is 346 Å². The summed E-state index contributed by atoms with van der Waals surface area (Å²) in [6.07, 6.45) is 3.85. The van der Waals surface area contributed by atoms with Gasteiger partial charge in [0.25, 0.3) is 0 Å². The van der Waals surface area contributed by atoms with Gasteiger partial charge in [-0.25, -0.2) is 0 Å². The lowest BCUT2D eigenvalue weighted by Gasteiger charge is -2.23. The highest BCUT2D eigenvalue weighted by molar-refractivity contribution is 6.12. The average Bonchev–Trinajstić information content (AvgIpc) is 3.54. The van der Waals surface area contributed by atoms with Gasteiger partial charge in [-0.3, -0.25) is 4.99 Å². The molecule has 0 saturated heterocycles. The van der Waals surface area contributed by atoms with Crippen molar-refractivity contribution in [1.82, 2.24) is 0 Å². The van der Waals surface area contributed by atoms with Gasteiger partial charge >= 0.3 is 0 Å². The molecule has 0 unspecified atom stereocenters. The minimum Gasteiger partial charge on any atom is -0.300 e. The molecule has 1 aliphatic rings. The zero-order valence-electron chi connectivity index (χ0n) is 33.2. The molecule has 0 radical (unpaired) electrons. The van der Waals surface area contributed by atoms with Crippen molar-refractivity contribution in [2.45, 2.75) is 19.3 Å². The third-order valence-electron chi connectivity index (χ3n) is 12.0. The third kappa shape index (κ3) is 6.40. The van der Waals surface area contributed by atoms with Gasteiger partial charge in [-0.05, 0) is 94.9 Å². The number of nitrogens with zero attached hydrogens (tertiary/aromatic N) is 1.